The molecule has 0 aliphatic carbocycles. The number of hydrogen-bond acceptors (Lipinski definition) is 7. The highest BCUT2D eigenvalue weighted by Crippen LogP contribution is 2.29. The highest BCUT2D eigenvalue weighted by Gasteiger charge is 2.13. The van der Waals surface area contributed by atoms with Crippen LogP contribution in [0.1, 0.15) is 15.9 Å². The van der Waals surface area contributed by atoms with Crippen LogP contribution in [0.4, 0.5) is 5.13 Å². The number of benzene rings is 3. The number of nitrogens with one attached hydrogen (secondary N) is 1. The van der Waals surface area contributed by atoms with E-state index in [2.05, 4.69) is 15.5 Å². The van der Waals surface area contributed by atoms with Gasteiger partial charge in [-0.25, -0.2) is 9.78 Å². The fraction of sp³-hybridized carbons (Fsp3) is 0.0455. The van der Waals surface area contributed by atoms with Crippen molar-refractivity contribution in [2.75, 3.05) is 12.5 Å². The molecule has 0 saturated heterocycles. The van der Waals surface area contributed by atoms with Gasteiger partial charge in [0.25, 0.3) is 0 Å². The van der Waals surface area contributed by atoms with E-state index in [0.29, 0.717) is 27.2 Å². The fourth-order valence-electron chi connectivity index (χ4n) is 2.71. The molecular formula is C22H16ClN3O3S. The van der Waals surface area contributed by atoms with Crippen LogP contribution in [0.2, 0.25) is 5.02 Å². The number of rotatable bonds is 6. The smallest absolute Gasteiger partial charge is 0.343 e. The monoisotopic (exact) mass is 437 g/mol. The van der Waals surface area contributed by atoms with Crippen molar-refractivity contribution < 1.29 is 14.3 Å². The summed E-state index contributed by atoms with van der Waals surface area (Å²) >= 11 is 7.45. The molecule has 0 spiro atoms. The number of halogens is 1. The Morgan fingerprint density at radius 3 is 2.77 bits per heavy atom. The Hall–Kier alpha value is -3.42. The molecule has 0 atom stereocenters. The summed E-state index contributed by atoms with van der Waals surface area (Å²) in [6.07, 6.45) is 1.64. The number of hydrogen-bond donors (Lipinski definition) is 1. The van der Waals surface area contributed by atoms with Crippen LogP contribution < -0.4 is 14.9 Å². The zero-order chi connectivity index (χ0) is 20.9. The highest BCUT2D eigenvalue weighted by atomic mass is 35.5. The Morgan fingerprint density at radius 2 is 1.97 bits per heavy atom. The van der Waals surface area contributed by atoms with E-state index < -0.39 is 5.97 Å². The second kappa shape index (κ2) is 8.94. The topological polar surface area (TPSA) is 72.8 Å². The Balaban J connectivity index is 1.46. The van der Waals surface area contributed by atoms with Crippen LogP contribution >= 0.6 is 22.9 Å². The first-order valence-corrected chi connectivity index (χ1v) is 10.1. The Labute approximate surface area is 181 Å². The zero-order valence-electron chi connectivity index (χ0n) is 15.8. The summed E-state index contributed by atoms with van der Waals surface area (Å²) in [5.74, 6) is 0.197. The van der Waals surface area contributed by atoms with Crippen molar-refractivity contribution in [3.8, 4) is 11.5 Å². The number of carbonyl (C=O) groups excluding carboxylic acids is 1. The molecule has 8 heteroatoms. The first-order valence-electron chi connectivity index (χ1n) is 8.93. The number of aromatic nitrogens is 1. The van der Waals surface area contributed by atoms with E-state index in [0.717, 1.165) is 15.8 Å². The average Bonchev–Trinajstić information content (AvgIpc) is 3.17. The summed E-state index contributed by atoms with van der Waals surface area (Å²) in [4.78, 5) is 16.8. The van der Waals surface area contributed by atoms with Crippen molar-refractivity contribution in [2.24, 2.45) is 5.10 Å². The van der Waals surface area contributed by atoms with Gasteiger partial charge in [-0.15, -0.1) is 0 Å². The minimum Gasteiger partial charge on any atom is -0.493 e. The molecule has 1 N–H and O–H groups in total. The van der Waals surface area contributed by atoms with E-state index in [1.165, 1.54) is 18.4 Å². The fourth-order valence-corrected chi connectivity index (χ4v) is 3.71. The SMILES string of the molecule is COc1cc(/C=N\Nc2nc3ccccc3s2)ccc1OC(=O)c1cccc(Cl)c1. The van der Waals surface area contributed by atoms with Crippen molar-refractivity contribution in [3.05, 3.63) is 82.9 Å². The molecule has 0 saturated carbocycles. The Kier molecular flexibility index (Phi) is 5.92. The van der Waals surface area contributed by atoms with Gasteiger partial charge in [0, 0.05) is 5.02 Å². The molecule has 0 bridgehead atoms. The van der Waals surface area contributed by atoms with Crippen LogP contribution in [0.15, 0.2) is 71.8 Å². The van der Waals surface area contributed by atoms with Crippen molar-refractivity contribution in [2.45, 2.75) is 0 Å². The third-order valence-corrected chi connectivity index (χ3v) is 5.29. The molecule has 1 aromatic heterocycles. The van der Waals surface area contributed by atoms with Crippen molar-refractivity contribution in [3.63, 3.8) is 0 Å². The number of methoxy groups -OCH3 is 1. The molecule has 0 fully saturated rings. The van der Waals surface area contributed by atoms with Crippen molar-refractivity contribution in [1.82, 2.24) is 4.98 Å². The van der Waals surface area contributed by atoms with E-state index in [1.807, 2.05) is 24.3 Å². The van der Waals surface area contributed by atoms with Crippen LogP contribution in [0.25, 0.3) is 10.2 Å². The minimum atomic E-state index is -0.519. The van der Waals surface area contributed by atoms with Gasteiger partial charge in [-0.3, -0.25) is 5.43 Å². The number of thiazole rings is 1. The number of nitrogens with zero attached hydrogens (tertiary/aromatic N) is 2. The van der Waals surface area contributed by atoms with Gasteiger partial charge < -0.3 is 9.47 Å². The molecule has 0 unspecified atom stereocenters. The lowest BCUT2D eigenvalue weighted by Crippen LogP contribution is -2.09. The number of ether oxygens (including phenoxy) is 2. The van der Waals surface area contributed by atoms with Crippen molar-refractivity contribution >= 4 is 50.5 Å². The van der Waals surface area contributed by atoms with Gasteiger partial charge in [0.05, 0.1) is 29.1 Å². The lowest BCUT2D eigenvalue weighted by atomic mass is 10.2. The molecule has 6 nitrogen and oxygen atoms in total. The normalized spacial score (nSPS) is 11.0. The lowest BCUT2D eigenvalue weighted by molar-refractivity contribution is 0.0729. The molecule has 0 aliphatic rings. The molecule has 0 amide bonds. The van der Waals surface area contributed by atoms with Crippen LogP contribution in [-0.2, 0) is 0 Å². The third-order valence-electron chi connectivity index (χ3n) is 4.12. The first-order chi connectivity index (χ1) is 14.6. The molecule has 0 aliphatic heterocycles. The molecular weight excluding hydrogens is 422 g/mol. The second-order valence-electron chi connectivity index (χ2n) is 6.17. The number of para-hydroxylation sites is 1. The number of anilines is 1. The Morgan fingerprint density at radius 1 is 1.10 bits per heavy atom. The quantitative estimate of drug-likeness (QED) is 0.183. The summed E-state index contributed by atoms with van der Waals surface area (Å²) in [7, 11) is 1.51. The summed E-state index contributed by atoms with van der Waals surface area (Å²) in [5.41, 5.74) is 4.98. The van der Waals surface area contributed by atoms with E-state index >= 15 is 0 Å². The number of fused-ring (bicyclic) bond motifs is 1. The standard InChI is InChI=1S/C22H16ClN3O3S/c1-28-19-11-14(13-24-26-22-25-17-7-2-3-8-20(17)30-22)9-10-18(19)29-21(27)15-5-4-6-16(23)12-15/h2-13H,1H3,(H,25,26)/b24-13-. The maximum atomic E-state index is 12.3. The molecule has 1 heterocycles. The highest BCUT2D eigenvalue weighted by molar-refractivity contribution is 7.22. The summed E-state index contributed by atoms with van der Waals surface area (Å²) in [6, 6.07) is 19.6. The minimum absolute atomic E-state index is 0.304. The van der Waals surface area contributed by atoms with Gasteiger partial charge in [0.15, 0.2) is 11.5 Å². The molecule has 150 valence electrons. The van der Waals surface area contributed by atoms with Gasteiger partial charge in [0.1, 0.15) is 0 Å². The average molecular weight is 438 g/mol. The predicted molar refractivity (Wildman–Crippen MR) is 120 cm³/mol. The molecule has 4 aromatic rings. The molecule has 0 radical (unpaired) electrons. The Bertz CT molecular complexity index is 1210. The summed E-state index contributed by atoms with van der Waals surface area (Å²) < 4.78 is 11.9. The second-order valence-corrected chi connectivity index (χ2v) is 7.63. The maximum Gasteiger partial charge on any atom is 0.343 e. The number of carbonyl (C=O) groups is 1. The van der Waals surface area contributed by atoms with Gasteiger partial charge in [-0.2, -0.15) is 5.10 Å². The van der Waals surface area contributed by atoms with E-state index in [4.69, 9.17) is 21.1 Å². The van der Waals surface area contributed by atoms with Crippen LogP contribution in [0.5, 0.6) is 11.5 Å². The summed E-state index contributed by atoms with van der Waals surface area (Å²) in [5, 5.41) is 5.39. The largest absolute Gasteiger partial charge is 0.493 e. The number of hydrazone groups is 1. The maximum absolute atomic E-state index is 12.3. The molecule has 3 aromatic carbocycles. The van der Waals surface area contributed by atoms with Gasteiger partial charge in [-0.1, -0.05) is 41.1 Å². The van der Waals surface area contributed by atoms with Crippen LogP contribution in [0.3, 0.4) is 0 Å². The van der Waals surface area contributed by atoms with Gasteiger partial charge in [0.2, 0.25) is 5.13 Å². The lowest BCUT2D eigenvalue weighted by Gasteiger charge is -2.10. The van der Waals surface area contributed by atoms with Crippen molar-refractivity contribution in [1.29, 1.82) is 0 Å². The van der Waals surface area contributed by atoms with E-state index in [1.54, 1.807) is 48.7 Å². The zero-order valence-corrected chi connectivity index (χ0v) is 17.4. The van der Waals surface area contributed by atoms with Crippen LogP contribution in [0, 0.1) is 0 Å². The number of esters is 1. The molecule has 30 heavy (non-hydrogen) atoms. The van der Waals surface area contributed by atoms with E-state index in [9.17, 15) is 4.79 Å². The van der Waals surface area contributed by atoms with Gasteiger partial charge >= 0.3 is 5.97 Å². The third kappa shape index (κ3) is 4.59. The first kappa shape index (κ1) is 19.9. The summed E-state index contributed by atoms with van der Waals surface area (Å²) in [6.45, 7) is 0. The van der Waals surface area contributed by atoms with E-state index in [-0.39, 0.29) is 0 Å². The molecule has 4 rings (SSSR count). The van der Waals surface area contributed by atoms with Gasteiger partial charge in [-0.05, 0) is 54.1 Å². The predicted octanol–water partition coefficient (Wildman–Crippen LogP) is 5.62. The van der Waals surface area contributed by atoms with Crippen LogP contribution in [-0.4, -0.2) is 24.3 Å².